The van der Waals surface area contributed by atoms with Crippen LogP contribution in [0.25, 0.3) is 0 Å². The highest BCUT2D eigenvalue weighted by Gasteiger charge is 2.19. The lowest BCUT2D eigenvalue weighted by Gasteiger charge is -2.36. The molecule has 1 aromatic rings. The molecule has 1 heterocycles. The van der Waals surface area contributed by atoms with Gasteiger partial charge in [0.1, 0.15) is 4.32 Å². The summed E-state index contributed by atoms with van der Waals surface area (Å²) in [6.45, 7) is 5.29. The van der Waals surface area contributed by atoms with Gasteiger partial charge in [-0.1, -0.05) is 61.2 Å². The zero-order valence-corrected chi connectivity index (χ0v) is 11.8. The molecule has 0 spiro atoms. The molecule has 0 atom stereocenters. The number of hydrogen-bond donors (Lipinski definition) is 0. The number of thiocarbonyl (C=S) groups is 1. The first-order valence-corrected chi connectivity index (χ1v) is 7.37. The second-order valence-corrected chi connectivity index (χ2v) is 5.75. The van der Waals surface area contributed by atoms with Gasteiger partial charge in [0.05, 0.1) is 12.5 Å². The fourth-order valence-electron chi connectivity index (χ4n) is 1.84. The minimum Gasteiger partial charge on any atom is -0.344 e. The van der Waals surface area contributed by atoms with Gasteiger partial charge in [-0.3, -0.25) is 4.90 Å². The number of benzene rings is 1. The second-order valence-electron chi connectivity index (χ2n) is 4.17. The van der Waals surface area contributed by atoms with Crippen molar-refractivity contribution in [3.8, 4) is 0 Å². The van der Waals surface area contributed by atoms with Crippen LogP contribution in [0.4, 0.5) is 0 Å². The largest absolute Gasteiger partial charge is 0.344 e. The van der Waals surface area contributed by atoms with Crippen molar-refractivity contribution in [1.82, 2.24) is 9.80 Å². The van der Waals surface area contributed by atoms with Gasteiger partial charge in [0.2, 0.25) is 0 Å². The molecule has 1 aliphatic rings. The van der Waals surface area contributed by atoms with Crippen LogP contribution in [0, 0.1) is 0 Å². The quantitative estimate of drug-likeness (QED) is 0.773. The van der Waals surface area contributed by atoms with E-state index in [1.807, 2.05) is 0 Å². The van der Waals surface area contributed by atoms with Crippen LogP contribution in [-0.4, -0.2) is 39.8 Å². The van der Waals surface area contributed by atoms with E-state index in [2.05, 4.69) is 47.1 Å². The Kier molecular flexibility index (Phi) is 4.83. The van der Waals surface area contributed by atoms with Gasteiger partial charge >= 0.3 is 0 Å². The Morgan fingerprint density at radius 2 is 2.06 bits per heavy atom. The molecule has 0 aliphatic carbocycles. The summed E-state index contributed by atoms with van der Waals surface area (Å²) in [6.07, 6.45) is 1.07. The van der Waals surface area contributed by atoms with Crippen molar-refractivity contribution >= 4 is 28.3 Å². The van der Waals surface area contributed by atoms with E-state index in [9.17, 15) is 0 Å². The Hall–Kier alpha value is -0.580. The molecule has 0 radical (unpaired) electrons. The van der Waals surface area contributed by atoms with Gasteiger partial charge in [0.15, 0.2) is 0 Å². The molecule has 2 nitrogen and oxygen atoms in total. The van der Waals surface area contributed by atoms with E-state index >= 15 is 0 Å². The van der Waals surface area contributed by atoms with Crippen LogP contribution >= 0.6 is 24.0 Å². The Morgan fingerprint density at radius 3 is 2.76 bits per heavy atom. The van der Waals surface area contributed by atoms with Crippen molar-refractivity contribution in [3.05, 3.63) is 35.9 Å². The van der Waals surface area contributed by atoms with E-state index in [1.54, 1.807) is 11.8 Å². The maximum atomic E-state index is 5.41. The third-order valence-corrected chi connectivity index (χ3v) is 4.57. The average molecular weight is 266 g/mol. The van der Waals surface area contributed by atoms with Crippen LogP contribution in [0.15, 0.2) is 30.3 Å². The van der Waals surface area contributed by atoms with Crippen molar-refractivity contribution in [2.24, 2.45) is 0 Å². The summed E-state index contributed by atoms with van der Waals surface area (Å²) in [7, 11) is 0. The van der Waals surface area contributed by atoms with Crippen molar-refractivity contribution < 1.29 is 0 Å². The first-order valence-electron chi connectivity index (χ1n) is 5.97. The Labute approximate surface area is 113 Å². The standard InChI is InChI=1S/C13H18N2S2/c1-2-14-10-15(13(16)17-11-14)9-8-12-6-4-3-5-7-12/h3-7H,2,8-11H2,1H3. The van der Waals surface area contributed by atoms with Gasteiger partial charge in [-0.25, -0.2) is 0 Å². The lowest BCUT2D eigenvalue weighted by Crippen LogP contribution is -2.45. The van der Waals surface area contributed by atoms with E-state index < -0.39 is 0 Å². The Morgan fingerprint density at radius 1 is 1.29 bits per heavy atom. The number of nitrogens with zero attached hydrogens (tertiary/aromatic N) is 2. The first kappa shape index (κ1) is 12.9. The summed E-state index contributed by atoms with van der Waals surface area (Å²) in [5.74, 6) is 1.04. The molecule has 1 fully saturated rings. The van der Waals surface area contributed by atoms with Gasteiger partial charge in [-0.05, 0) is 18.5 Å². The van der Waals surface area contributed by atoms with E-state index in [0.29, 0.717) is 0 Å². The molecular formula is C13H18N2S2. The van der Waals surface area contributed by atoms with Crippen molar-refractivity contribution in [3.63, 3.8) is 0 Å². The SMILES string of the molecule is CCN1CSC(=S)N(CCc2ccccc2)C1. The number of thioether (sulfide) groups is 1. The zero-order valence-electron chi connectivity index (χ0n) is 10.1. The fourth-order valence-corrected chi connectivity index (χ4v) is 3.04. The fraction of sp³-hybridized carbons (Fsp3) is 0.462. The Balaban J connectivity index is 1.87. The molecule has 17 heavy (non-hydrogen) atoms. The highest BCUT2D eigenvalue weighted by atomic mass is 32.2. The van der Waals surface area contributed by atoms with E-state index in [-0.39, 0.29) is 0 Å². The van der Waals surface area contributed by atoms with Crippen molar-refractivity contribution in [2.45, 2.75) is 13.3 Å². The lowest BCUT2D eigenvalue weighted by molar-refractivity contribution is 0.222. The molecule has 0 bridgehead atoms. The maximum absolute atomic E-state index is 5.41. The van der Waals surface area contributed by atoms with Crippen LogP contribution in [0.1, 0.15) is 12.5 Å². The van der Waals surface area contributed by atoms with Crippen LogP contribution in [0.2, 0.25) is 0 Å². The predicted molar refractivity (Wildman–Crippen MR) is 79.2 cm³/mol. The summed E-state index contributed by atoms with van der Waals surface area (Å²) in [5, 5.41) is 0. The topological polar surface area (TPSA) is 6.48 Å². The van der Waals surface area contributed by atoms with E-state index in [0.717, 1.165) is 36.4 Å². The minimum absolute atomic E-state index is 0.981. The van der Waals surface area contributed by atoms with Crippen LogP contribution < -0.4 is 0 Å². The third kappa shape index (κ3) is 3.69. The molecule has 0 N–H and O–H groups in total. The average Bonchev–Trinajstić information content (AvgIpc) is 2.39. The summed E-state index contributed by atoms with van der Waals surface area (Å²) < 4.78 is 1.05. The van der Waals surface area contributed by atoms with Gasteiger partial charge < -0.3 is 4.90 Å². The minimum atomic E-state index is 0.981. The van der Waals surface area contributed by atoms with Crippen molar-refractivity contribution in [2.75, 3.05) is 25.6 Å². The smallest absolute Gasteiger partial charge is 0.138 e. The lowest BCUT2D eigenvalue weighted by atomic mass is 10.1. The second kappa shape index (κ2) is 6.38. The molecule has 1 aliphatic heterocycles. The number of rotatable bonds is 4. The molecule has 2 rings (SSSR count). The molecule has 1 aromatic carbocycles. The van der Waals surface area contributed by atoms with Gasteiger partial charge in [-0.2, -0.15) is 0 Å². The highest BCUT2D eigenvalue weighted by Crippen LogP contribution is 2.18. The third-order valence-electron chi connectivity index (χ3n) is 2.96. The summed E-state index contributed by atoms with van der Waals surface area (Å²) in [6, 6.07) is 10.6. The summed E-state index contributed by atoms with van der Waals surface area (Å²) >= 11 is 7.18. The zero-order chi connectivity index (χ0) is 12.1. The molecule has 0 aromatic heterocycles. The molecule has 0 unspecified atom stereocenters. The maximum Gasteiger partial charge on any atom is 0.138 e. The number of hydrogen-bond acceptors (Lipinski definition) is 3. The molecule has 1 saturated heterocycles. The molecule has 4 heteroatoms. The summed E-state index contributed by atoms with van der Waals surface area (Å²) in [4.78, 5) is 4.71. The van der Waals surface area contributed by atoms with Gasteiger partial charge in [0, 0.05) is 6.54 Å². The van der Waals surface area contributed by atoms with Crippen LogP contribution in [0.3, 0.4) is 0 Å². The van der Waals surface area contributed by atoms with E-state index in [4.69, 9.17) is 12.2 Å². The Bertz CT molecular complexity index is 367. The monoisotopic (exact) mass is 266 g/mol. The van der Waals surface area contributed by atoms with Crippen LogP contribution in [0.5, 0.6) is 0 Å². The van der Waals surface area contributed by atoms with Crippen molar-refractivity contribution in [1.29, 1.82) is 0 Å². The first-order chi connectivity index (χ1) is 8.29. The molecule has 92 valence electrons. The summed E-state index contributed by atoms with van der Waals surface area (Å²) in [5.41, 5.74) is 1.38. The van der Waals surface area contributed by atoms with E-state index in [1.165, 1.54) is 5.56 Å². The normalized spacial score (nSPS) is 17.5. The van der Waals surface area contributed by atoms with Crippen LogP contribution in [-0.2, 0) is 6.42 Å². The van der Waals surface area contributed by atoms with Gasteiger partial charge in [-0.15, -0.1) is 0 Å². The molecule has 0 amide bonds. The van der Waals surface area contributed by atoms with Gasteiger partial charge in [0.25, 0.3) is 0 Å². The predicted octanol–water partition coefficient (Wildman–Crippen LogP) is 2.80. The molecular weight excluding hydrogens is 248 g/mol. The molecule has 0 saturated carbocycles. The highest BCUT2D eigenvalue weighted by molar-refractivity contribution is 8.22.